The molecule has 1 heterocycles. The van der Waals surface area contributed by atoms with Gasteiger partial charge < -0.3 is 9.30 Å². The average molecular weight is 363 g/mol. The van der Waals surface area contributed by atoms with Crippen molar-refractivity contribution in [3.05, 3.63) is 45.6 Å². The zero-order valence-corrected chi connectivity index (χ0v) is 13.4. The summed E-state index contributed by atoms with van der Waals surface area (Å²) in [6, 6.07) is 6.36. The van der Waals surface area contributed by atoms with Crippen LogP contribution < -0.4 is 0 Å². The second kappa shape index (κ2) is 6.83. The van der Waals surface area contributed by atoms with Crippen molar-refractivity contribution in [1.29, 1.82) is 5.26 Å². The minimum atomic E-state index is -4.43. The monoisotopic (exact) mass is 362 g/mol. The lowest BCUT2D eigenvalue weighted by atomic mass is 10.1. The van der Waals surface area contributed by atoms with Gasteiger partial charge in [-0.05, 0) is 24.6 Å². The molecule has 23 heavy (non-hydrogen) atoms. The lowest BCUT2D eigenvalue weighted by Gasteiger charge is -2.12. The fourth-order valence-corrected chi connectivity index (χ4v) is 2.54. The number of alkyl halides is 3. The summed E-state index contributed by atoms with van der Waals surface area (Å²) in [5.74, 6) is 0. The summed E-state index contributed by atoms with van der Waals surface area (Å²) in [5.41, 5.74) is 0.0312. The minimum Gasteiger partial charge on any atom is -0.361 e. The fraction of sp³-hybridized carbons (Fsp3) is 0.267. The molecular formula is C15H11Cl2F3N2O. The van der Waals surface area contributed by atoms with Crippen molar-refractivity contribution in [2.24, 2.45) is 0 Å². The molecule has 0 N–H and O–H groups in total. The predicted octanol–water partition coefficient (Wildman–Crippen LogP) is 5.35. The molecule has 0 amide bonds. The summed E-state index contributed by atoms with van der Waals surface area (Å²) < 4.78 is 44.7. The molecule has 3 nitrogen and oxygen atoms in total. The van der Waals surface area contributed by atoms with E-state index in [-0.39, 0.29) is 22.5 Å². The van der Waals surface area contributed by atoms with Crippen LogP contribution in [0.4, 0.5) is 13.2 Å². The first-order valence-electron chi connectivity index (χ1n) is 6.54. The highest BCUT2D eigenvalue weighted by Crippen LogP contribution is 2.38. The molecule has 0 saturated carbocycles. The van der Waals surface area contributed by atoms with Gasteiger partial charge in [0.15, 0.2) is 0 Å². The highest BCUT2D eigenvalue weighted by molar-refractivity contribution is 6.42. The number of nitriles is 1. The topological polar surface area (TPSA) is 38.0 Å². The average Bonchev–Trinajstić information content (AvgIpc) is 2.76. The molecule has 1 aromatic heterocycles. The summed E-state index contributed by atoms with van der Waals surface area (Å²) >= 11 is 12.1. The number of hydrogen-bond donors (Lipinski definition) is 0. The Labute approximate surface area is 140 Å². The Morgan fingerprint density at radius 1 is 1.22 bits per heavy atom. The molecule has 0 fully saturated rings. The summed E-state index contributed by atoms with van der Waals surface area (Å²) in [6.45, 7) is 2.22. The predicted molar refractivity (Wildman–Crippen MR) is 81.2 cm³/mol. The summed E-state index contributed by atoms with van der Waals surface area (Å²) in [6.07, 6.45) is -4.43. The summed E-state index contributed by atoms with van der Waals surface area (Å²) in [5, 5.41) is 9.43. The maximum absolute atomic E-state index is 12.7. The first-order valence-corrected chi connectivity index (χ1v) is 7.29. The van der Waals surface area contributed by atoms with Crippen LogP contribution in [0.3, 0.4) is 0 Å². The Hall–Kier alpha value is -1.68. The normalized spacial score (nSPS) is 11.5. The number of rotatable bonds is 4. The van der Waals surface area contributed by atoms with E-state index in [1.807, 2.05) is 6.07 Å². The van der Waals surface area contributed by atoms with E-state index in [9.17, 15) is 18.4 Å². The second-order valence-electron chi connectivity index (χ2n) is 4.57. The Kier molecular flexibility index (Phi) is 5.25. The van der Waals surface area contributed by atoms with Gasteiger partial charge in [-0.2, -0.15) is 18.4 Å². The quantitative estimate of drug-likeness (QED) is 0.735. The molecule has 1 aromatic carbocycles. The molecule has 0 radical (unpaired) electrons. The van der Waals surface area contributed by atoms with Crippen LogP contribution in [-0.4, -0.2) is 11.2 Å². The Morgan fingerprint density at radius 2 is 1.83 bits per heavy atom. The van der Waals surface area contributed by atoms with Crippen molar-refractivity contribution in [3.63, 3.8) is 0 Å². The second-order valence-corrected chi connectivity index (χ2v) is 5.30. The van der Waals surface area contributed by atoms with Crippen molar-refractivity contribution in [2.75, 3.05) is 6.61 Å². The molecule has 0 atom stereocenters. The Bertz CT molecular complexity index is 746. The minimum absolute atomic E-state index is 0.0348. The number of nitrogens with zero attached hydrogens (tertiary/aromatic N) is 2. The van der Waals surface area contributed by atoms with Crippen LogP contribution in [0.1, 0.15) is 18.1 Å². The molecule has 0 spiro atoms. The van der Waals surface area contributed by atoms with Crippen molar-refractivity contribution in [3.8, 4) is 17.3 Å². The maximum Gasteiger partial charge on any atom is 0.416 e. The van der Waals surface area contributed by atoms with Gasteiger partial charge in [0.1, 0.15) is 18.0 Å². The molecule has 122 valence electrons. The highest BCUT2D eigenvalue weighted by atomic mass is 35.5. The Morgan fingerprint density at radius 3 is 2.30 bits per heavy atom. The van der Waals surface area contributed by atoms with Gasteiger partial charge in [-0.15, -0.1) is 0 Å². The van der Waals surface area contributed by atoms with Gasteiger partial charge in [0.05, 0.1) is 21.8 Å². The standard InChI is InChI=1S/C15H11Cl2F3N2O/c1-2-23-8-22-13(11(7-21)12(16)14(22)17)9-3-5-10(6-4-9)15(18,19)20/h3-6H,2,8H2,1H3. The number of halogens is 5. The number of hydrogen-bond acceptors (Lipinski definition) is 2. The molecular weight excluding hydrogens is 352 g/mol. The molecule has 2 aromatic rings. The maximum atomic E-state index is 12.7. The molecule has 0 aliphatic rings. The molecule has 0 aliphatic heterocycles. The number of aromatic nitrogens is 1. The van der Waals surface area contributed by atoms with Crippen LogP contribution in [0.2, 0.25) is 10.2 Å². The third kappa shape index (κ3) is 3.47. The zero-order valence-electron chi connectivity index (χ0n) is 11.9. The van der Waals surface area contributed by atoms with Gasteiger partial charge in [-0.3, -0.25) is 0 Å². The molecule has 2 rings (SSSR count). The molecule has 0 unspecified atom stereocenters. The van der Waals surface area contributed by atoms with E-state index in [2.05, 4.69) is 0 Å². The van der Waals surface area contributed by atoms with Crippen LogP contribution in [0.25, 0.3) is 11.3 Å². The SMILES string of the molecule is CCOCn1c(Cl)c(Cl)c(C#N)c1-c1ccc(C(F)(F)F)cc1. The van der Waals surface area contributed by atoms with Crippen LogP contribution >= 0.6 is 23.2 Å². The van der Waals surface area contributed by atoms with E-state index >= 15 is 0 Å². The first kappa shape index (κ1) is 17.7. The molecule has 0 aliphatic carbocycles. The van der Waals surface area contributed by atoms with Gasteiger partial charge in [0, 0.05) is 6.61 Å². The molecule has 0 saturated heterocycles. The van der Waals surface area contributed by atoms with E-state index in [0.29, 0.717) is 17.9 Å². The van der Waals surface area contributed by atoms with Gasteiger partial charge >= 0.3 is 6.18 Å². The Balaban J connectivity index is 2.58. The first-order chi connectivity index (χ1) is 10.8. The van der Waals surface area contributed by atoms with Crippen LogP contribution in [-0.2, 0) is 17.6 Å². The summed E-state index contributed by atoms with van der Waals surface area (Å²) in [7, 11) is 0. The smallest absolute Gasteiger partial charge is 0.361 e. The summed E-state index contributed by atoms with van der Waals surface area (Å²) in [4.78, 5) is 0. The van der Waals surface area contributed by atoms with Gasteiger partial charge in [0.25, 0.3) is 0 Å². The molecule has 8 heteroatoms. The van der Waals surface area contributed by atoms with Gasteiger partial charge in [0.2, 0.25) is 0 Å². The highest BCUT2D eigenvalue weighted by Gasteiger charge is 2.30. The zero-order chi connectivity index (χ0) is 17.2. The lowest BCUT2D eigenvalue weighted by Crippen LogP contribution is -2.06. The van der Waals surface area contributed by atoms with Crippen LogP contribution in [0, 0.1) is 11.3 Å². The third-order valence-corrected chi connectivity index (χ3v) is 4.02. The molecule has 0 bridgehead atoms. The van der Waals surface area contributed by atoms with Crippen LogP contribution in [0.15, 0.2) is 24.3 Å². The van der Waals surface area contributed by atoms with E-state index in [4.69, 9.17) is 27.9 Å². The van der Waals surface area contributed by atoms with E-state index < -0.39 is 11.7 Å². The largest absolute Gasteiger partial charge is 0.416 e. The van der Waals surface area contributed by atoms with E-state index in [0.717, 1.165) is 12.1 Å². The van der Waals surface area contributed by atoms with E-state index in [1.54, 1.807) is 6.92 Å². The number of ether oxygens (including phenoxy) is 1. The lowest BCUT2D eigenvalue weighted by molar-refractivity contribution is -0.137. The van der Waals surface area contributed by atoms with Crippen molar-refractivity contribution in [2.45, 2.75) is 19.8 Å². The van der Waals surface area contributed by atoms with Gasteiger partial charge in [-0.1, -0.05) is 35.3 Å². The third-order valence-electron chi connectivity index (χ3n) is 3.17. The van der Waals surface area contributed by atoms with Crippen molar-refractivity contribution >= 4 is 23.2 Å². The number of benzene rings is 1. The van der Waals surface area contributed by atoms with Gasteiger partial charge in [-0.25, -0.2) is 0 Å². The van der Waals surface area contributed by atoms with E-state index in [1.165, 1.54) is 16.7 Å². The van der Waals surface area contributed by atoms with Crippen LogP contribution in [0.5, 0.6) is 0 Å². The van der Waals surface area contributed by atoms with Crippen molar-refractivity contribution in [1.82, 2.24) is 4.57 Å². The fourth-order valence-electron chi connectivity index (χ4n) is 2.08. The van der Waals surface area contributed by atoms with Crippen molar-refractivity contribution < 1.29 is 17.9 Å².